The molecule has 2 aromatic rings. The summed E-state index contributed by atoms with van der Waals surface area (Å²) < 4.78 is 0. The number of hydrogen-bond donors (Lipinski definition) is 1. The number of amides is 1. The van der Waals surface area contributed by atoms with E-state index in [1.54, 1.807) is 12.4 Å². The molecule has 4 heteroatoms. The molecule has 0 bridgehead atoms. The molecule has 2 rings (SSSR count). The molecule has 2 aromatic heterocycles. The molecule has 0 saturated carbocycles. The molecule has 1 amide bonds. The van der Waals surface area contributed by atoms with Crippen molar-refractivity contribution in [2.45, 2.75) is 0 Å². The van der Waals surface area contributed by atoms with E-state index in [0.717, 1.165) is 11.1 Å². The standard InChI is InChI=1S/C10H8N2OS/c11-10(13)9-8(3-5-14-9)7-2-1-4-12-6-7/h1-6H,(H2,11,13). The summed E-state index contributed by atoms with van der Waals surface area (Å²) in [6.07, 6.45) is 3.41. The molecule has 0 saturated heterocycles. The van der Waals surface area contributed by atoms with Crippen LogP contribution in [0.1, 0.15) is 9.67 Å². The molecule has 0 aliphatic heterocycles. The molecule has 0 aliphatic rings. The predicted octanol–water partition coefficient (Wildman–Crippen LogP) is 1.91. The maximum atomic E-state index is 11.1. The number of primary amides is 1. The van der Waals surface area contributed by atoms with Crippen LogP contribution in [0.5, 0.6) is 0 Å². The van der Waals surface area contributed by atoms with Crippen molar-refractivity contribution in [2.24, 2.45) is 5.73 Å². The normalized spacial score (nSPS) is 10.0. The van der Waals surface area contributed by atoms with Crippen LogP contribution in [-0.2, 0) is 0 Å². The van der Waals surface area contributed by atoms with Crippen LogP contribution < -0.4 is 5.73 Å². The summed E-state index contributed by atoms with van der Waals surface area (Å²) in [6.45, 7) is 0. The second-order valence-electron chi connectivity index (χ2n) is 2.77. The number of thiophene rings is 1. The Balaban J connectivity index is 2.52. The fraction of sp³-hybridized carbons (Fsp3) is 0. The Bertz CT molecular complexity index is 450. The van der Waals surface area contributed by atoms with Gasteiger partial charge >= 0.3 is 0 Å². The Kier molecular flexibility index (Phi) is 2.28. The first kappa shape index (κ1) is 8.90. The first-order valence-corrected chi connectivity index (χ1v) is 4.94. The second-order valence-corrected chi connectivity index (χ2v) is 3.69. The molecule has 0 atom stereocenters. The molecule has 3 nitrogen and oxygen atoms in total. The number of hydrogen-bond acceptors (Lipinski definition) is 3. The van der Waals surface area contributed by atoms with Crippen molar-refractivity contribution < 1.29 is 4.79 Å². The highest BCUT2D eigenvalue weighted by atomic mass is 32.1. The van der Waals surface area contributed by atoms with Gasteiger partial charge in [0.15, 0.2) is 0 Å². The van der Waals surface area contributed by atoms with Gasteiger partial charge in [-0.25, -0.2) is 0 Å². The van der Waals surface area contributed by atoms with Gasteiger partial charge in [-0.15, -0.1) is 11.3 Å². The van der Waals surface area contributed by atoms with Crippen LogP contribution in [-0.4, -0.2) is 10.9 Å². The molecule has 0 aliphatic carbocycles. The zero-order chi connectivity index (χ0) is 9.97. The first-order valence-electron chi connectivity index (χ1n) is 4.07. The van der Waals surface area contributed by atoms with Crippen LogP contribution in [0, 0.1) is 0 Å². The SMILES string of the molecule is NC(=O)c1sccc1-c1cccnc1. The van der Waals surface area contributed by atoms with Crippen LogP contribution in [0.25, 0.3) is 11.1 Å². The smallest absolute Gasteiger partial charge is 0.259 e. The molecule has 2 N–H and O–H groups in total. The lowest BCUT2D eigenvalue weighted by Gasteiger charge is -1.98. The number of nitrogens with two attached hydrogens (primary N) is 1. The number of nitrogens with zero attached hydrogens (tertiary/aromatic N) is 1. The molecule has 0 unspecified atom stereocenters. The maximum absolute atomic E-state index is 11.1. The molecule has 0 spiro atoms. The minimum Gasteiger partial charge on any atom is -0.365 e. The van der Waals surface area contributed by atoms with E-state index < -0.39 is 0 Å². The average molecular weight is 204 g/mol. The van der Waals surface area contributed by atoms with Gasteiger partial charge in [-0.05, 0) is 17.5 Å². The third-order valence-corrected chi connectivity index (χ3v) is 2.79. The number of aromatic nitrogens is 1. The van der Waals surface area contributed by atoms with E-state index in [0.29, 0.717) is 4.88 Å². The minimum absolute atomic E-state index is 0.390. The molecule has 14 heavy (non-hydrogen) atoms. The molecule has 0 radical (unpaired) electrons. The van der Waals surface area contributed by atoms with E-state index in [2.05, 4.69) is 4.98 Å². The third kappa shape index (κ3) is 1.52. The molecule has 2 heterocycles. The molecule has 0 aromatic carbocycles. The molecular weight excluding hydrogens is 196 g/mol. The summed E-state index contributed by atoms with van der Waals surface area (Å²) >= 11 is 1.35. The predicted molar refractivity (Wildman–Crippen MR) is 56.1 cm³/mol. The van der Waals surface area contributed by atoms with Gasteiger partial charge in [0.05, 0.1) is 4.88 Å². The highest BCUT2D eigenvalue weighted by molar-refractivity contribution is 7.12. The Morgan fingerprint density at radius 2 is 2.29 bits per heavy atom. The molecule has 0 fully saturated rings. The average Bonchev–Trinajstić information content (AvgIpc) is 2.67. The lowest BCUT2D eigenvalue weighted by molar-refractivity contribution is 0.100. The van der Waals surface area contributed by atoms with Crippen molar-refractivity contribution in [3.8, 4) is 11.1 Å². The fourth-order valence-corrected chi connectivity index (χ4v) is 2.02. The largest absolute Gasteiger partial charge is 0.365 e. The van der Waals surface area contributed by atoms with E-state index in [1.165, 1.54) is 11.3 Å². The molecular formula is C10H8N2OS. The van der Waals surface area contributed by atoms with Crippen molar-refractivity contribution in [1.82, 2.24) is 4.98 Å². The quantitative estimate of drug-likeness (QED) is 0.812. The van der Waals surface area contributed by atoms with Gasteiger partial charge in [-0.3, -0.25) is 9.78 Å². The van der Waals surface area contributed by atoms with Crippen LogP contribution in [0.3, 0.4) is 0 Å². The van der Waals surface area contributed by atoms with E-state index in [4.69, 9.17) is 5.73 Å². The first-order chi connectivity index (χ1) is 6.79. The Morgan fingerprint density at radius 3 is 2.93 bits per heavy atom. The lowest BCUT2D eigenvalue weighted by atomic mass is 10.1. The van der Waals surface area contributed by atoms with Gasteiger partial charge in [-0.2, -0.15) is 0 Å². The van der Waals surface area contributed by atoms with Gasteiger partial charge in [0.1, 0.15) is 0 Å². The third-order valence-electron chi connectivity index (χ3n) is 1.86. The monoisotopic (exact) mass is 204 g/mol. The van der Waals surface area contributed by atoms with Crippen molar-refractivity contribution in [1.29, 1.82) is 0 Å². The maximum Gasteiger partial charge on any atom is 0.259 e. The topological polar surface area (TPSA) is 56.0 Å². The zero-order valence-corrected chi connectivity index (χ0v) is 8.12. The Labute approximate surface area is 85.2 Å². The highest BCUT2D eigenvalue weighted by Crippen LogP contribution is 2.26. The van der Waals surface area contributed by atoms with Crippen LogP contribution in [0.2, 0.25) is 0 Å². The highest BCUT2D eigenvalue weighted by Gasteiger charge is 2.10. The summed E-state index contributed by atoms with van der Waals surface area (Å²) in [4.78, 5) is 15.6. The van der Waals surface area contributed by atoms with Crippen LogP contribution in [0.4, 0.5) is 0 Å². The van der Waals surface area contributed by atoms with Gasteiger partial charge in [0.2, 0.25) is 0 Å². The van der Waals surface area contributed by atoms with E-state index >= 15 is 0 Å². The lowest BCUT2D eigenvalue weighted by Crippen LogP contribution is -2.09. The number of carbonyl (C=O) groups is 1. The van der Waals surface area contributed by atoms with Crippen molar-refractivity contribution in [3.05, 3.63) is 40.8 Å². The van der Waals surface area contributed by atoms with Gasteiger partial charge < -0.3 is 5.73 Å². The van der Waals surface area contributed by atoms with Gasteiger partial charge in [0, 0.05) is 23.5 Å². The summed E-state index contributed by atoms with van der Waals surface area (Å²) in [5, 5.41) is 1.85. The number of pyridine rings is 1. The van der Waals surface area contributed by atoms with Gasteiger partial charge in [0.25, 0.3) is 5.91 Å². The van der Waals surface area contributed by atoms with Crippen LogP contribution in [0.15, 0.2) is 36.0 Å². The van der Waals surface area contributed by atoms with E-state index in [-0.39, 0.29) is 5.91 Å². The van der Waals surface area contributed by atoms with E-state index in [1.807, 2.05) is 23.6 Å². The zero-order valence-electron chi connectivity index (χ0n) is 7.31. The van der Waals surface area contributed by atoms with E-state index in [9.17, 15) is 4.79 Å². The number of carbonyl (C=O) groups excluding carboxylic acids is 1. The summed E-state index contributed by atoms with van der Waals surface area (Å²) in [7, 11) is 0. The Hall–Kier alpha value is -1.68. The summed E-state index contributed by atoms with van der Waals surface area (Å²) in [5.41, 5.74) is 7.02. The van der Waals surface area contributed by atoms with Crippen molar-refractivity contribution in [2.75, 3.05) is 0 Å². The van der Waals surface area contributed by atoms with Crippen LogP contribution >= 0.6 is 11.3 Å². The minimum atomic E-state index is -0.390. The number of rotatable bonds is 2. The molecule has 70 valence electrons. The van der Waals surface area contributed by atoms with Crippen molar-refractivity contribution in [3.63, 3.8) is 0 Å². The fourth-order valence-electron chi connectivity index (χ4n) is 1.25. The summed E-state index contributed by atoms with van der Waals surface area (Å²) in [5.74, 6) is -0.390. The second kappa shape index (κ2) is 3.59. The van der Waals surface area contributed by atoms with Gasteiger partial charge in [-0.1, -0.05) is 6.07 Å². The summed E-state index contributed by atoms with van der Waals surface area (Å²) in [6, 6.07) is 5.61. The Morgan fingerprint density at radius 1 is 1.43 bits per heavy atom. The van der Waals surface area contributed by atoms with Crippen molar-refractivity contribution >= 4 is 17.2 Å².